The summed E-state index contributed by atoms with van der Waals surface area (Å²) in [4.78, 5) is 4.18. The van der Waals surface area contributed by atoms with E-state index >= 15 is 0 Å². The molecule has 1 N–H and O–H groups in total. The SMILES string of the molecule is Clc1cc2c(cn1)C1CNCC(C2)C1. The highest BCUT2D eigenvalue weighted by Crippen LogP contribution is 2.36. The molecule has 0 saturated carbocycles. The summed E-state index contributed by atoms with van der Waals surface area (Å²) >= 11 is 5.91. The third-order valence-corrected chi connectivity index (χ3v) is 3.59. The van der Waals surface area contributed by atoms with E-state index in [-0.39, 0.29) is 0 Å². The van der Waals surface area contributed by atoms with Crippen molar-refractivity contribution in [3.63, 3.8) is 0 Å². The normalized spacial score (nSPS) is 29.8. The van der Waals surface area contributed by atoms with Crippen LogP contribution in [0.4, 0.5) is 0 Å². The van der Waals surface area contributed by atoms with Crippen molar-refractivity contribution in [2.24, 2.45) is 5.92 Å². The molecule has 2 nitrogen and oxygen atoms in total. The molecular formula is C11H13ClN2. The van der Waals surface area contributed by atoms with Crippen molar-refractivity contribution in [1.29, 1.82) is 0 Å². The van der Waals surface area contributed by atoms with Crippen LogP contribution in [-0.2, 0) is 6.42 Å². The summed E-state index contributed by atoms with van der Waals surface area (Å²) in [6, 6.07) is 2.04. The monoisotopic (exact) mass is 208 g/mol. The van der Waals surface area contributed by atoms with E-state index in [1.807, 2.05) is 12.3 Å². The second kappa shape index (κ2) is 3.21. The molecule has 1 aliphatic carbocycles. The molecule has 2 aliphatic rings. The first-order chi connectivity index (χ1) is 6.83. The van der Waals surface area contributed by atoms with Crippen LogP contribution in [0.2, 0.25) is 5.15 Å². The Morgan fingerprint density at radius 2 is 2.36 bits per heavy atom. The largest absolute Gasteiger partial charge is 0.316 e. The van der Waals surface area contributed by atoms with Gasteiger partial charge < -0.3 is 5.32 Å². The second-order valence-electron chi connectivity index (χ2n) is 4.37. The van der Waals surface area contributed by atoms with Gasteiger partial charge in [-0.25, -0.2) is 4.98 Å². The molecule has 0 spiro atoms. The molecule has 0 aromatic carbocycles. The van der Waals surface area contributed by atoms with Gasteiger partial charge in [-0.05, 0) is 48.4 Å². The molecule has 2 atom stereocenters. The van der Waals surface area contributed by atoms with E-state index in [9.17, 15) is 0 Å². The first-order valence-electron chi connectivity index (χ1n) is 5.18. The number of hydrogen-bond donors (Lipinski definition) is 1. The van der Waals surface area contributed by atoms with Gasteiger partial charge >= 0.3 is 0 Å². The van der Waals surface area contributed by atoms with Crippen LogP contribution >= 0.6 is 11.6 Å². The lowest BCUT2D eigenvalue weighted by Gasteiger charge is -2.36. The minimum absolute atomic E-state index is 0.636. The van der Waals surface area contributed by atoms with E-state index < -0.39 is 0 Å². The fourth-order valence-corrected chi connectivity index (χ4v) is 2.94. The maximum absolute atomic E-state index is 5.91. The summed E-state index contributed by atoms with van der Waals surface area (Å²) < 4.78 is 0. The summed E-state index contributed by atoms with van der Waals surface area (Å²) in [5.74, 6) is 1.47. The summed E-state index contributed by atoms with van der Waals surface area (Å²) in [6.07, 6.45) is 4.45. The number of nitrogens with zero attached hydrogens (tertiary/aromatic N) is 1. The molecule has 1 saturated heterocycles. The number of aromatic nitrogens is 1. The minimum atomic E-state index is 0.636. The van der Waals surface area contributed by atoms with Crippen molar-refractivity contribution in [1.82, 2.24) is 10.3 Å². The predicted octanol–water partition coefficient (Wildman–Crippen LogP) is 1.98. The van der Waals surface area contributed by atoms with Crippen LogP contribution in [-0.4, -0.2) is 18.1 Å². The molecule has 3 heteroatoms. The van der Waals surface area contributed by atoms with Gasteiger partial charge in [-0.1, -0.05) is 11.6 Å². The number of nitrogens with one attached hydrogen (secondary N) is 1. The van der Waals surface area contributed by atoms with E-state index in [4.69, 9.17) is 11.6 Å². The van der Waals surface area contributed by atoms with Gasteiger partial charge in [0.2, 0.25) is 0 Å². The Bertz CT molecular complexity index is 364. The third-order valence-electron chi connectivity index (χ3n) is 3.38. The van der Waals surface area contributed by atoms with Gasteiger partial charge in [-0.3, -0.25) is 0 Å². The zero-order valence-corrected chi connectivity index (χ0v) is 8.72. The van der Waals surface area contributed by atoms with Crippen molar-refractivity contribution >= 4 is 11.6 Å². The topological polar surface area (TPSA) is 24.9 Å². The first-order valence-corrected chi connectivity index (χ1v) is 5.56. The molecular weight excluding hydrogens is 196 g/mol. The Hall–Kier alpha value is -0.600. The van der Waals surface area contributed by atoms with Crippen molar-refractivity contribution in [3.8, 4) is 0 Å². The Labute approximate surface area is 88.7 Å². The number of pyridine rings is 1. The summed E-state index contributed by atoms with van der Waals surface area (Å²) in [6.45, 7) is 2.27. The maximum atomic E-state index is 5.91. The Balaban J connectivity index is 2.06. The summed E-state index contributed by atoms with van der Waals surface area (Å²) in [7, 11) is 0. The van der Waals surface area contributed by atoms with Crippen LogP contribution in [0.15, 0.2) is 12.3 Å². The van der Waals surface area contributed by atoms with Crippen molar-refractivity contribution in [3.05, 3.63) is 28.5 Å². The minimum Gasteiger partial charge on any atom is -0.316 e. The predicted molar refractivity (Wildman–Crippen MR) is 56.7 cm³/mol. The van der Waals surface area contributed by atoms with Gasteiger partial charge in [0.15, 0.2) is 0 Å². The highest BCUT2D eigenvalue weighted by Gasteiger charge is 2.30. The van der Waals surface area contributed by atoms with Gasteiger partial charge in [-0.15, -0.1) is 0 Å². The number of halogens is 1. The fourth-order valence-electron chi connectivity index (χ4n) is 2.76. The smallest absolute Gasteiger partial charge is 0.129 e. The molecule has 2 unspecified atom stereocenters. The number of rotatable bonds is 0. The van der Waals surface area contributed by atoms with Gasteiger partial charge in [0.25, 0.3) is 0 Å². The molecule has 1 fully saturated rings. The summed E-state index contributed by atoms with van der Waals surface area (Å²) in [5.41, 5.74) is 2.84. The van der Waals surface area contributed by atoms with E-state index in [0.717, 1.165) is 19.0 Å². The van der Waals surface area contributed by atoms with Crippen LogP contribution < -0.4 is 5.32 Å². The van der Waals surface area contributed by atoms with E-state index in [1.54, 1.807) is 0 Å². The van der Waals surface area contributed by atoms with Gasteiger partial charge in [0.1, 0.15) is 5.15 Å². The van der Waals surface area contributed by atoms with E-state index in [2.05, 4.69) is 10.3 Å². The number of piperidine rings is 1. The number of hydrogen-bond acceptors (Lipinski definition) is 2. The van der Waals surface area contributed by atoms with Crippen molar-refractivity contribution in [2.75, 3.05) is 13.1 Å². The lowest BCUT2D eigenvalue weighted by molar-refractivity contribution is 0.317. The lowest BCUT2D eigenvalue weighted by atomic mass is 9.75. The van der Waals surface area contributed by atoms with E-state index in [0.29, 0.717) is 11.1 Å². The molecule has 3 rings (SSSR count). The molecule has 74 valence electrons. The average Bonchev–Trinajstić information content (AvgIpc) is 2.17. The average molecular weight is 209 g/mol. The summed E-state index contributed by atoms with van der Waals surface area (Å²) in [5, 5.41) is 4.12. The van der Waals surface area contributed by atoms with Crippen molar-refractivity contribution in [2.45, 2.75) is 18.8 Å². The van der Waals surface area contributed by atoms with Crippen LogP contribution in [0.25, 0.3) is 0 Å². The molecule has 0 radical (unpaired) electrons. The van der Waals surface area contributed by atoms with Crippen LogP contribution in [0.5, 0.6) is 0 Å². The molecule has 1 aliphatic heterocycles. The van der Waals surface area contributed by atoms with Crippen LogP contribution in [0.3, 0.4) is 0 Å². The van der Waals surface area contributed by atoms with Gasteiger partial charge in [-0.2, -0.15) is 0 Å². The molecule has 2 heterocycles. The Morgan fingerprint density at radius 1 is 1.43 bits per heavy atom. The Kier molecular flexibility index (Phi) is 1.99. The second-order valence-corrected chi connectivity index (χ2v) is 4.75. The molecule has 0 amide bonds. The van der Waals surface area contributed by atoms with Gasteiger partial charge in [0, 0.05) is 12.7 Å². The fraction of sp³-hybridized carbons (Fsp3) is 0.545. The highest BCUT2D eigenvalue weighted by atomic mass is 35.5. The highest BCUT2D eigenvalue weighted by molar-refractivity contribution is 6.29. The van der Waals surface area contributed by atoms with E-state index in [1.165, 1.54) is 24.0 Å². The first kappa shape index (κ1) is 8.69. The maximum Gasteiger partial charge on any atom is 0.129 e. The molecule has 2 bridgehead atoms. The number of fused-ring (bicyclic) bond motifs is 4. The quantitative estimate of drug-likeness (QED) is 0.660. The zero-order chi connectivity index (χ0) is 9.54. The van der Waals surface area contributed by atoms with Crippen molar-refractivity contribution < 1.29 is 0 Å². The van der Waals surface area contributed by atoms with Crippen LogP contribution in [0, 0.1) is 5.92 Å². The standard InChI is InChI=1S/C11H13ClN2/c12-11-3-8-1-7-2-9(5-13-4-7)10(8)6-14-11/h3,6-7,9,13H,1-2,4-5H2. The zero-order valence-electron chi connectivity index (χ0n) is 7.96. The lowest BCUT2D eigenvalue weighted by Crippen LogP contribution is -2.39. The van der Waals surface area contributed by atoms with Gasteiger partial charge in [0.05, 0.1) is 0 Å². The Morgan fingerprint density at radius 3 is 3.29 bits per heavy atom. The molecule has 1 aromatic rings. The van der Waals surface area contributed by atoms with Crippen LogP contribution in [0.1, 0.15) is 23.5 Å². The third kappa shape index (κ3) is 1.33. The molecule has 14 heavy (non-hydrogen) atoms. The molecule has 1 aromatic heterocycles.